The number of aliphatic hydroxyl groups excluding tert-OH is 5. The largest absolute Gasteiger partial charge is 0.472 e. The molecule has 0 aromatic heterocycles. The Morgan fingerprint density at radius 2 is 0.708 bits per heavy atom. The van der Waals surface area contributed by atoms with Crippen LogP contribution in [0.1, 0.15) is 290 Å². The number of phosphoric ester groups is 1. The van der Waals surface area contributed by atoms with Crippen molar-refractivity contribution in [3.05, 3.63) is 12.2 Å². The van der Waals surface area contributed by atoms with Crippen LogP contribution < -0.4 is 0 Å². The molecule has 0 radical (unpaired) electrons. The Morgan fingerprint density at radius 1 is 0.417 bits per heavy atom. The molecular weight excluding hydrogens is 936 g/mol. The molecule has 13 nitrogen and oxygen atoms in total. The highest BCUT2D eigenvalue weighted by atomic mass is 31.2. The van der Waals surface area contributed by atoms with Crippen molar-refractivity contribution in [2.75, 3.05) is 13.2 Å². The van der Waals surface area contributed by atoms with Crippen molar-refractivity contribution in [1.82, 2.24) is 0 Å². The molecule has 0 aromatic carbocycles. The Bertz CT molecular complexity index is 1300. The summed E-state index contributed by atoms with van der Waals surface area (Å²) in [5, 5.41) is 50.4. The maximum Gasteiger partial charge on any atom is 0.472 e. The van der Waals surface area contributed by atoms with Crippen LogP contribution >= 0.6 is 7.82 Å². The van der Waals surface area contributed by atoms with E-state index in [0.717, 1.165) is 51.4 Å². The van der Waals surface area contributed by atoms with Crippen molar-refractivity contribution in [2.45, 2.75) is 333 Å². The molecule has 0 amide bonds. The molecule has 72 heavy (non-hydrogen) atoms. The van der Waals surface area contributed by atoms with E-state index in [1.807, 2.05) is 0 Å². The summed E-state index contributed by atoms with van der Waals surface area (Å²) in [4.78, 5) is 36.0. The van der Waals surface area contributed by atoms with Crippen LogP contribution in [0.25, 0.3) is 0 Å². The Kier molecular flexibility index (Phi) is 45.7. The molecule has 0 spiro atoms. The van der Waals surface area contributed by atoms with Gasteiger partial charge in [0.25, 0.3) is 0 Å². The third kappa shape index (κ3) is 39.0. The van der Waals surface area contributed by atoms with Crippen LogP contribution in [0.4, 0.5) is 0 Å². The van der Waals surface area contributed by atoms with Crippen LogP contribution in [0.2, 0.25) is 0 Å². The van der Waals surface area contributed by atoms with Crippen molar-refractivity contribution < 1.29 is 63.1 Å². The van der Waals surface area contributed by atoms with Crippen LogP contribution in [0, 0.1) is 0 Å². The first kappa shape index (κ1) is 68.6. The molecule has 6 N–H and O–H groups in total. The van der Waals surface area contributed by atoms with Gasteiger partial charge in [-0.05, 0) is 38.5 Å². The van der Waals surface area contributed by atoms with Gasteiger partial charge >= 0.3 is 19.8 Å². The molecule has 1 aliphatic rings. The first-order chi connectivity index (χ1) is 34.9. The summed E-state index contributed by atoms with van der Waals surface area (Å²) in [6.45, 7) is 3.37. The highest BCUT2D eigenvalue weighted by Gasteiger charge is 2.51. The zero-order valence-electron chi connectivity index (χ0n) is 46.0. The van der Waals surface area contributed by atoms with Gasteiger partial charge in [0, 0.05) is 12.8 Å². The van der Waals surface area contributed by atoms with Crippen molar-refractivity contribution >= 4 is 19.8 Å². The number of carbonyl (C=O) groups is 2. The number of ether oxygens (including phenoxy) is 2. The number of hydrogen-bond donors (Lipinski definition) is 6. The van der Waals surface area contributed by atoms with Gasteiger partial charge in [-0.25, -0.2) is 4.57 Å². The van der Waals surface area contributed by atoms with E-state index in [9.17, 15) is 44.6 Å². The van der Waals surface area contributed by atoms with Gasteiger partial charge in [-0.2, -0.15) is 0 Å². The van der Waals surface area contributed by atoms with Crippen LogP contribution in [-0.2, 0) is 32.7 Å². The van der Waals surface area contributed by atoms with E-state index in [2.05, 4.69) is 26.0 Å². The average Bonchev–Trinajstić information content (AvgIpc) is 3.36. The average molecular weight is 1050 g/mol. The van der Waals surface area contributed by atoms with Crippen molar-refractivity contribution in [3.8, 4) is 0 Å². The van der Waals surface area contributed by atoms with Gasteiger partial charge in [0.1, 0.15) is 43.2 Å². The SMILES string of the molecule is CCCCCCCCCC/C=C\CCCCCCCCCCCC(=O)OC(COC(=O)CCCCCCCCCCCCCCCCCCCCCCCC)COP(=O)(O)OC1C(O)C(O)C(O)C(O)C1O. The van der Waals surface area contributed by atoms with E-state index in [1.54, 1.807) is 0 Å². The number of carbonyl (C=O) groups excluding carboxylic acids is 2. The summed E-state index contributed by atoms with van der Waals surface area (Å²) in [6, 6.07) is 0. The standard InChI is InChI=1S/C58H111O13P/c1-3-5-7-9-11-13-15-17-19-21-23-25-27-28-30-32-34-36-38-40-42-44-46-51(59)68-48-50(49-69-72(66,67)71-58-56(64)54(62)53(61)55(63)57(58)65)70-52(60)47-45-43-41-39-37-35-33-31-29-26-24-22-20-18-16-14-12-10-8-6-4-2/h22,24,50,53-58,61-65H,3-21,23,25-49H2,1-2H3,(H,66,67)/b24-22-. The van der Waals surface area contributed by atoms with Gasteiger partial charge in [0.15, 0.2) is 6.10 Å². The third-order valence-corrected chi connectivity index (χ3v) is 15.3. The Labute approximate surface area is 439 Å². The number of hydrogen-bond acceptors (Lipinski definition) is 12. The Hall–Kier alpha value is -1.41. The predicted molar refractivity (Wildman–Crippen MR) is 291 cm³/mol. The van der Waals surface area contributed by atoms with Crippen LogP contribution in [0.3, 0.4) is 0 Å². The zero-order chi connectivity index (χ0) is 52.8. The summed E-state index contributed by atoms with van der Waals surface area (Å²) in [7, 11) is -5.12. The molecule has 1 fully saturated rings. The minimum atomic E-state index is -5.12. The summed E-state index contributed by atoms with van der Waals surface area (Å²) < 4.78 is 33.8. The third-order valence-electron chi connectivity index (χ3n) is 14.4. The second kappa shape index (κ2) is 48.0. The van der Waals surface area contributed by atoms with Crippen LogP contribution in [-0.4, -0.2) is 98.3 Å². The number of aliphatic hydroxyl groups is 5. The van der Waals surface area contributed by atoms with E-state index in [-0.39, 0.29) is 12.8 Å². The normalized spacial score (nSPS) is 20.5. The highest BCUT2D eigenvalue weighted by Crippen LogP contribution is 2.47. The van der Waals surface area contributed by atoms with Crippen molar-refractivity contribution in [3.63, 3.8) is 0 Å². The minimum Gasteiger partial charge on any atom is -0.462 e. The van der Waals surface area contributed by atoms with Gasteiger partial charge in [0.05, 0.1) is 6.61 Å². The molecule has 426 valence electrons. The van der Waals surface area contributed by atoms with Crippen LogP contribution in [0.5, 0.6) is 0 Å². The topological polar surface area (TPSA) is 210 Å². The summed E-state index contributed by atoms with van der Waals surface area (Å²) in [6.07, 6.45) is 42.6. The van der Waals surface area contributed by atoms with E-state index >= 15 is 0 Å². The molecule has 1 saturated carbocycles. The predicted octanol–water partition coefficient (Wildman–Crippen LogP) is 14.1. The first-order valence-corrected chi connectivity index (χ1v) is 31.5. The van der Waals surface area contributed by atoms with Crippen molar-refractivity contribution in [2.24, 2.45) is 0 Å². The lowest BCUT2D eigenvalue weighted by Gasteiger charge is -2.41. The lowest BCUT2D eigenvalue weighted by atomic mass is 9.85. The maximum absolute atomic E-state index is 12.9. The molecule has 0 heterocycles. The molecule has 6 unspecified atom stereocenters. The summed E-state index contributed by atoms with van der Waals surface area (Å²) >= 11 is 0. The molecule has 1 rings (SSSR count). The smallest absolute Gasteiger partial charge is 0.462 e. The van der Waals surface area contributed by atoms with Crippen molar-refractivity contribution in [1.29, 1.82) is 0 Å². The van der Waals surface area contributed by atoms with Gasteiger partial charge in [0.2, 0.25) is 0 Å². The molecule has 0 saturated heterocycles. The lowest BCUT2D eigenvalue weighted by Crippen LogP contribution is -2.64. The molecule has 14 heteroatoms. The molecule has 0 bridgehead atoms. The Morgan fingerprint density at radius 3 is 1.06 bits per heavy atom. The fourth-order valence-corrected chi connectivity index (χ4v) is 10.6. The van der Waals surface area contributed by atoms with E-state index < -0.39 is 75.7 Å². The van der Waals surface area contributed by atoms with E-state index in [0.29, 0.717) is 12.8 Å². The fraction of sp³-hybridized carbons (Fsp3) is 0.931. The molecular formula is C58H111O13P. The van der Waals surface area contributed by atoms with Gasteiger partial charge in [-0.15, -0.1) is 0 Å². The second-order valence-corrected chi connectivity index (χ2v) is 22.6. The molecule has 0 aromatic rings. The van der Waals surface area contributed by atoms with E-state index in [4.69, 9.17) is 18.5 Å². The number of rotatable bonds is 52. The number of esters is 2. The molecule has 0 aliphatic heterocycles. The second-order valence-electron chi connectivity index (χ2n) is 21.2. The first-order valence-electron chi connectivity index (χ1n) is 30.0. The monoisotopic (exact) mass is 1050 g/mol. The number of unbranched alkanes of at least 4 members (excludes halogenated alkanes) is 38. The van der Waals surface area contributed by atoms with Gasteiger partial charge < -0.3 is 39.9 Å². The van der Waals surface area contributed by atoms with Gasteiger partial charge in [-0.3, -0.25) is 18.6 Å². The molecule has 6 atom stereocenters. The number of allylic oxidation sites excluding steroid dienone is 2. The molecule has 1 aliphatic carbocycles. The summed E-state index contributed by atoms with van der Waals surface area (Å²) in [5.41, 5.74) is 0. The fourth-order valence-electron chi connectivity index (χ4n) is 9.58. The maximum atomic E-state index is 12.9. The Balaban J connectivity index is 2.30. The number of phosphoric acid groups is 1. The summed E-state index contributed by atoms with van der Waals surface area (Å²) in [5.74, 6) is -1.08. The zero-order valence-corrected chi connectivity index (χ0v) is 46.9. The van der Waals surface area contributed by atoms with E-state index in [1.165, 1.54) is 199 Å². The van der Waals surface area contributed by atoms with Gasteiger partial charge in [-0.1, -0.05) is 251 Å². The van der Waals surface area contributed by atoms with Crippen LogP contribution in [0.15, 0.2) is 12.2 Å². The minimum absolute atomic E-state index is 0.0995. The lowest BCUT2D eigenvalue weighted by molar-refractivity contribution is -0.220. The highest BCUT2D eigenvalue weighted by molar-refractivity contribution is 7.47. The quantitative estimate of drug-likeness (QED) is 0.0145.